The zero-order valence-corrected chi connectivity index (χ0v) is 13.4. The second kappa shape index (κ2) is 7.63. The summed E-state index contributed by atoms with van der Waals surface area (Å²) in [4.78, 5) is 23.5. The van der Waals surface area contributed by atoms with Crippen LogP contribution < -0.4 is 21.1 Å². The summed E-state index contributed by atoms with van der Waals surface area (Å²) in [5, 5.41) is 5.50. The summed E-state index contributed by atoms with van der Waals surface area (Å²) in [6.07, 6.45) is 1.60. The molecule has 0 aliphatic carbocycles. The van der Waals surface area contributed by atoms with Gasteiger partial charge in [-0.25, -0.2) is 0 Å². The van der Waals surface area contributed by atoms with Crippen LogP contribution in [-0.4, -0.2) is 37.7 Å². The summed E-state index contributed by atoms with van der Waals surface area (Å²) in [7, 11) is 0. The molecule has 0 spiro atoms. The van der Waals surface area contributed by atoms with Gasteiger partial charge in [-0.3, -0.25) is 9.59 Å². The van der Waals surface area contributed by atoms with Gasteiger partial charge >= 0.3 is 0 Å². The maximum absolute atomic E-state index is 12.2. The third kappa shape index (κ3) is 4.13. The van der Waals surface area contributed by atoms with Crippen molar-refractivity contribution in [1.29, 1.82) is 0 Å². The Morgan fingerprint density at radius 2 is 2.09 bits per heavy atom. The van der Waals surface area contributed by atoms with Gasteiger partial charge in [-0.2, -0.15) is 0 Å². The molecule has 0 bridgehead atoms. The number of hydrogen-bond acceptors (Lipinski definition) is 5. The second-order valence-electron chi connectivity index (χ2n) is 5.51. The molecule has 0 radical (unpaired) electrons. The molecule has 1 atom stereocenters. The van der Waals surface area contributed by atoms with Crippen LogP contribution in [0.1, 0.15) is 12.8 Å². The Balaban J connectivity index is 0.00000192. The molecule has 23 heavy (non-hydrogen) atoms. The van der Waals surface area contributed by atoms with E-state index >= 15 is 0 Å². The van der Waals surface area contributed by atoms with Gasteiger partial charge in [0, 0.05) is 25.0 Å². The molecule has 0 saturated carbocycles. The van der Waals surface area contributed by atoms with E-state index in [1.807, 2.05) is 0 Å². The predicted octanol–water partition coefficient (Wildman–Crippen LogP) is 1.13. The molecule has 3 rings (SSSR count). The third-order valence-corrected chi connectivity index (χ3v) is 3.96. The molecular formula is C15H20ClN3O4. The normalized spacial score (nSPS) is 18.7. The van der Waals surface area contributed by atoms with Crippen molar-refractivity contribution in [3.63, 3.8) is 0 Å². The highest BCUT2D eigenvalue weighted by molar-refractivity contribution is 5.98. The minimum atomic E-state index is -0.555. The van der Waals surface area contributed by atoms with Crippen LogP contribution >= 0.6 is 12.4 Å². The van der Waals surface area contributed by atoms with E-state index < -0.39 is 6.04 Å². The van der Waals surface area contributed by atoms with Crippen molar-refractivity contribution >= 4 is 35.6 Å². The molecule has 1 unspecified atom stereocenters. The van der Waals surface area contributed by atoms with Crippen LogP contribution in [0.25, 0.3) is 0 Å². The first-order valence-electron chi connectivity index (χ1n) is 7.34. The predicted molar refractivity (Wildman–Crippen MR) is 88.0 cm³/mol. The van der Waals surface area contributed by atoms with Crippen LogP contribution in [0.15, 0.2) is 18.2 Å². The Morgan fingerprint density at radius 3 is 2.83 bits per heavy atom. The fraction of sp³-hybridized carbons (Fsp3) is 0.467. The maximum atomic E-state index is 12.2. The fourth-order valence-corrected chi connectivity index (χ4v) is 2.67. The van der Waals surface area contributed by atoms with E-state index in [2.05, 4.69) is 10.6 Å². The zero-order valence-electron chi connectivity index (χ0n) is 12.5. The van der Waals surface area contributed by atoms with Crippen molar-refractivity contribution < 1.29 is 19.1 Å². The number of anilines is 2. The van der Waals surface area contributed by atoms with Gasteiger partial charge in [-0.05, 0) is 30.9 Å². The number of fused-ring (bicyclic) bond motifs is 1. The number of hydrogen-bond donors (Lipinski definition) is 3. The summed E-state index contributed by atoms with van der Waals surface area (Å²) in [5.74, 6) is 0.275. The molecule has 1 fully saturated rings. The molecule has 4 N–H and O–H groups in total. The lowest BCUT2D eigenvalue weighted by Crippen LogP contribution is -2.44. The van der Waals surface area contributed by atoms with Crippen LogP contribution in [0.5, 0.6) is 5.75 Å². The van der Waals surface area contributed by atoms with Gasteiger partial charge in [0.1, 0.15) is 5.75 Å². The van der Waals surface area contributed by atoms with Crippen LogP contribution in [0.3, 0.4) is 0 Å². The number of carbonyl (C=O) groups excluding carboxylic acids is 2. The van der Waals surface area contributed by atoms with E-state index in [1.54, 1.807) is 18.2 Å². The van der Waals surface area contributed by atoms with E-state index in [0.29, 0.717) is 30.3 Å². The van der Waals surface area contributed by atoms with E-state index in [9.17, 15) is 9.59 Å². The molecule has 1 aromatic carbocycles. The summed E-state index contributed by atoms with van der Waals surface area (Å²) >= 11 is 0. The average molecular weight is 342 g/mol. The van der Waals surface area contributed by atoms with Crippen molar-refractivity contribution in [2.45, 2.75) is 18.9 Å². The first-order chi connectivity index (χ1) is 10.6. The van der Waals surface area contributed by atoms with Crippen molar-refractivity contribution in [3.05, 3.63) is 18.2 Å². The number of amides is 2. The highest BCUT2D eigenvalue weighted by Crippen LogP contribution is 2.30. The average Bonchev–Trinajstić information content (AvgIpc) is 2.55. The van der Waals surface area contributed by atoms with Gasteiger partial charge in [-0.15, -0.1) is 12.4 Å². The Labute approximate surface area is 140 Å². The lowest BCUT2D eigenvalue weighted by atomic mass is 9.92. The Bertz CT molecular complexity index is 590. The van der Waals surface area contributed by atoms with Gasteiger partial charge < -0.3 is 25.8 Å². The Kier molecular flexibility index (Phi) is 5.81. The highest BCUT2D eigenvalue weighted by atomic mass is 35.5. The number of ether oxygens (including phenoxy) is 2. The van der Waals surface area contributed by atoms with Crippen LogP contribution in [0.4, 0.5) is 11.4 Å². The molecule has 7 nitrogen and oxygen atoms in total. The number of benzene rings is 1. The molecule has 2 aliphatic rings. The standard InChI is InChI=1S/C15H19N3O4.ClH/c16-14(9-3-5-21-6-4-9)15(20)17-10-1-2-11-12(7-10)22-8-13(19)18-11;/h1-2,7,9,14H,3-6,8,16H2,(H,17,20)(H,18,19);1H. The Hall–Kier alpha value is -1.83. The first-order valence-corrected chi connectivity index (χ1v) is 7.34. The number of nitrogens with two attached hydrogens (primary N) is 1. The number of rotatable bonds is 3. The fourth-order valence-electron chi connectivity index (χ4n) is 2.67. The number of halogens is 1. The highest BCUT2D eigenvalue weighted by Gasteiger charge is 2.27. The van der Waals surface area contributed by atoms with E-state index in [4.69, 9.17) is 15.2 Å². The molecule has 2 amide bonds. The lowest BCUT2D eigenvalue weighted by Gasteiger charge is -2.27. The van der Waals surface area contributed by atoms with E-state index in [-0.39, 0.29) is 36.7 Å². The number of nitrogens with one attached hydrogen (secondary N) is 2. The summed E-state index contributed by atoms with van der Waals surface area (Å²) in [6.45, 7) is 1.28. The minimum Gasteiger partial charge on any atom is -0.482 e. The van der Waals surface area contributed by atoms with Crippen molar-refractivity contribution in [2.24, 2.45) is 11.7 Å². The Morgan fingerprint density at radius 1 is 1.35 bits per heavy atom. The first kappa shape index (κ1) is 17.5. The molecule has 126 valence electrons. The summed E-state index contributed by atoms with van der Waals surface area (Å²) in [5.41, 5.74) is 7.24. The van der Waals surface area contributed by atoms with Crippen LogP contribution in [0, 0.1) is 5.92 Å². The van der Waals surface area contributed by atoms with Gasteiger partial charge in [-0.1, -0.05) is 0 Å². The van der Waals surface area contributed by atoms with Crippen molar-refractivity contribution in [2.75, 3.05) is 30.5 Å². The monoisotopic (exact) mass is 341 g/mol. The molecule has 1 saturated heterocycles. The van der Waals surface area contributed by atoms with Gasteiger partial charge in [0.2, 0.25) is 5.91 Å². The molecule has 2 heterocycles. The molecule has 1 aromatic rings. The lowest BCUT2D eigenvalue weighted by molar-refractivity contribution is -0.119. The van der Waals surface area contributed by atoms with E-state index in [1.165, 1.54) is 0 Å². The smallest absolute Gasteiger partial charge is 0.262 e. The summed E-state index contributed by atoms with van der Waals surface area (Å²) in [6, 6.07) is 4.54. The van der Waals surface area contributed by atoms with E-state index in [0.717, 1.165) is 12.8 Å². The quantitative estimate of drug-likeness (QED) is 0.764. The summed E-state index contributed by atoms with van der Waals surface area (Å²) < 4.78 is 10.6. The SMILES string of the molecule is Cl.NC(C(=O)Nc1ccc2c(c1)OCC(=O)N2)C1CCOCC1. The van der Waals surface area contributed by atoms with Crippen molar-refractivity contribution in [1.82, 2.24) is 0 Å². The maximum Gasteiger partial charge on any atom is 0.262 e. The van der Waals surface area contributed by atoms with Gasteiger partial charge in [0.25, 0.3) is 5.91 Å². The second-order valence-corrected chi connectivity index (χ2v) is 5.51. The molecule has 2 aliphatic heterocycles. The zero-order chi connectivity index (χ0) is 15.5. The van der Waals surface area contributed by atoms with Gasteiger partial charge in [0.05, 0.1) is 11.7 Å². The molecule has 0 aromatic heterocycles. The van der Waals surface area contributed by atoms with Crippen LogP contribution in [0.2, 0.25) is 0 Å². The topological polar surface area (TPSA) is 103 Å². The largest absolute Gasteiger partial charge is 0.482 e. The van der Waals surface area contributed by atoms with Crippen molar-refractivity contribution in [3.8, 4) is 5.75 Å². The number of carbonyl (C=O) groups is 2. The molecular weight excluding hydrogens is 322 g/mol. The third-order valence-electron chi connectivity index (χ3n) is 3.96. The molecule has 8 heteroatoms. The minimum absolute atomic E-state index is 0. The van der Waals surface area contributed by atoms with Gasteiger partial charge in [0.15, 0.2) is 6.61 Å². The van der Waals surface area contributed by atoms with Crippen LogP contribution in [-0.2, 0) is 14.3 Å².